The number of aldehydes is 1. The van der Waals surface area contributed by atoms with Crippen LogP contribution in [0.25, 0.3) is 0 Å². The minimum absolute atomic E-state index is 0.0128. The van der Waals surface area contributed by atoms with Crippen molar-refractivity contribution >= 4 is 6.29 Å². The van der Waals surface area contributed by atoms with Gasteiger partial charge in [-0.3, -0.25) is 4.79 Å². The molecule has 8 heteroatoms. The molecule has 0 aromatic heterocycles. The summed E-state index contributed by atoms with van der Waals surface area (Å²) in [4.78, 5) is 11.3. The number of rotatable bonds is 5. The molecule has 1 saturated heterocycles. The van der Waals surface area contributed by atoms with Crippen LogP contribution in [-0.2, 0) is 20.4 Å². The Balaban J connectivity index is 2.51. The van der Waals surface area contributed by atoms with Crippen molar-refractivity contribution in [3.05, 3.63) is 28.8 Å². The van der Waals surface area contributed by atoms with Gasteiger partial charge in [0, 0.05) is 18.1 Å². The first-order chi connectivity index (χ1) is 11.2. The molecule has 1 aliphatic rings. The second-order valence-corrected chi connectivity index (χ2v) is 6.23. The highest BCUT2D eigenvalue weighted by atomic mass is 19.4. The summed E-state index contributed by atoms with van der Waals surface area (Å²) in [6.07, 6.45) is -5.33. The van der Waals surface area contributed by atoms with Gasteiger partial charge < -0.3 is 18.9 Å². The van der Waals surface area contributed by atoms with Gasteiger partial charge in [-0.1, -0.05) is 19.9 Å². The van der Waals surface area contributed by atoms with E-state index in [1.807, 2.05) is 13.8 Å². The Morgan fingerprint density at radius 1 is 1.29 bits per heavy atom. The van der Waals surface area contributed by atoms with Gasteiger partial charge in [0.25, 0.3) is 0 Å². The Bertz CT molecular complexity index is 588. The minimum atomic E-state index is -4.66. The average molecular weight is 348 g/mol. The fraction of sp³-hybridized carbons (Fsp3) is 0.562. The van der Waals surface area contributed by atoms with Crippen LogP contribution >= 0.6 is 0 Å². The maximum Gasteiger partial charge on any atom is 0.419 e. The summed E-state index contributed by atoms with van der Waals surface area (Å²) in [5.74, 6) is -0.515. The number of hydrogen-bond acceptors (Lipinski definition) is 5. The van der Waals surface area contributed by atoms with E-state index in [1.54, 1.807) is 0 Å². The number of hydrogen-bond donors (Lipinski definition) is 0. The topological polar surface area (TPSA) is 54.0 Å². The lowest BCUT2D eigenvalue weighted by atomic mass is 9.94. The second kappa shape index (κ2) is 7.08. The molecule has 0 amide bonds. The van der Waals surface area contributed by atoms with Crippen LogP contribution < -0.4 is 4.74 Å². The van der Waals surface area contributed by atoms with Gasteiger partial charge in [-0.15, -0.1) is 0 Å². The van der Waals surface area contributed by atoms with Crippen LogP contribution in [0.15, 0.2) is 12.1 Å². The van der Waals surface area contributed by atoms with Crippen molar-refractivity contribution in [1.29, 1.82) is 0 Å². The highest BCUT2D eigenvalue weighted by molar-refractivity contribution is 5.79. The van der Waals surface area contributed by atoms with Crippen molar-refractivity contribution in [1.82, 2.24) is 0 Å². The first-order valence-electron chi connectivity index (χ1n) is 7.24. The molecule has 0 N–H and O–H groups in total. The summed E-state index contributed by atoms with van der Waals surface area (Å²) in [7, 11) is 1.28. The van der Waals surface area contributed by atoms with Gasteiger partial charge in [0.05, 0.1) is 24.3 Å². The SMILES string of the molecule is COCOc1c(C(F)(F)F)ccc(C=O)c1C1OCC(C)(C)CO1. The fourth-order valence-corrected chi connectivity index (χ4v) is 2.32. The van der Waals surface area contributed by atoms with Gasteiger partial charge in [-0.05, 0) is 6.07 Å². The zero-order valence-electron chi connectivity index (χ0n) is 13.6. The fourth-order valence-electron chi connectivity index (χ4n) is 2.32. The predicted octanol–water partition coefficient (Wildman–Crippen LogP) is 3.57. The molecule has 24 heavy (non-hydrogen) atoms. The third-order valence-corrected chi connectivity index (χ3v) is 3.47. The molecule has 0 atom stereocenters. The highest BCUT2D eigenvalue weighted by Crippen LogP contribution is 2.44. The molecule has 0 unspecified atom stereocenters. The maximum atomic E-state index is 13.3. The van der Waals surface area contributed by atoms with E-state index in [-0.39, 0.29) is 29.8 Å². The lowest BCUT2D eigenvalue weighted by Crippen LogP contribution is -2.34. The molecule has 134 valence electrons. The Morgan fingerprint density at radius 3 is 2.42 bits per heavy atom. The standard InChI is InChI=1S/C16H19F3O5/c1-15(2)7-22-14(23-8-15)12-10(6-20)4-5-11(16(17,18)19)13(12)24-9-21-3/h4-6,14H,7-9H2,1-3H3. The number of carbonyl (C=O) groups excluding carboxylic acids is 1. The van der Waals surface area contributed by atoms with E-state index in [0.29, 0.717) is 6.29 Å². The number of carbonyl (C=O) groups is 1. The van der Waals surface area contributed by atoms with Gasteiger partial charge in [-0.2, -0.15) is 13.2 Å². The van der Waals surface area contributed by atoms with Gasteiger partial charge in [0.15, 0.2) is 19.4 Å². The molecular weight excluding hydrogens is 329 g/mol. The summed E-state index contributed by atoms with van der Waals surface area (Å²) in [5.41, 5.74) is -1.35. The molecule has 1 aliphatic heterocycles. The lowest BCUT2D eigenvalue weighted by Gasteiger charge is -2.35. The van der Waals surface area contributed by atoms with Crippen molar-refractivity contribution in [3.63, 3.8) is 0 Å². The van der Waals surface area contributed by atoms with Gasteiger partial charge in [0.2, 0.25) is 0 Å². The van der Waals surface area contributed by atoms with Crippen LogP contribution in [0.3, 0.4) is 0 Å². The summed E-state index contributed by atoms with van der Waals surface area (Å²) in [6, 6.07) is 1.88. The summed E-state index contributed by atoms with van der Waals surface area (Å²) in [6.45, 7) is 3.94. The Morgan fingerprint density at radius 2 is 1.92 bits per heavy atom. The molecule has 0 radical (unpaired) electrons. The zero-order valence-corrected chi connectivity index (χ0v) is 13.6. The number of halogens is 3. The molecule has 1 fully saturated rings. The molecule has 0 spiro atoms. The number of ether oxygens (including phenoxy) is 4. The summed E-state index contributed by atoms with van der Waals surface area (Å²) >= 11 is 0. The maximum absolute atomic E-state index is 13.3. The first-order valence-corrected chi connectivity index (χ1v) is 7.24. The Kier molecular flexibility index (Phi) is 5.52. The van der Waals surface area contributed by atoms with Crippen molar-refractivity contribution in [3.8, 4) is 5.75 Å². The third kappa shape index (κ3) is 4.06. The van der Waals surface area contributed by atoms with E-state index in [2.05, 4.69) is 0 Å². The van der Waals surface area contributed by atoms with E-state index in [1.165, 1.54) is 7.11 Å². The van der Waals surface area contributed by atoms with Gasteiger partial charge in [-0.25, -0.2) is 0 Å². The Labute approximate surface area is 137 Å². The number of methoxy groups -OCH3 is 1. The number of benzene rings is 1. The monoisotopic (exact) mass is 348 g/mol. The Hall–Kier alpha value is -1.64. The number of alkyl halides is 3. The molecule has 0 bridgehead atoms. The molecule has 0 aliphatic carbocycles. The third-order valence-electron chi connectivity index (χ3n) is 3.47. The van der Waals surface area contributed by atoms with E-state index >= 15 is 0 Å². The van der Waals surface area contributed by atoms with E-state index < -0.39 is 30.6 Å². The van der Waals surface area contributed by atoms with Crippen molar-refractivity contribution in [2.24, 2.45) is 5.41 Å². The predicted molar refractivity (Wildman–Crippen MR) is 77.8 cm³/mol. The van der Waals surface area contributed by atoms with E-state index in [4.69, 9.17) is 18.9 Å². The molecule has 5 nitrogen and oxygen atoms in total. The van der Waals surface area contributed by atoms with Crippen LogP contribution in [0.4, 0.5) is 13.2 Å². The quantitative estimate of drug-likeness (QED) is 0.601. The molecule has 2 rings (SSSR count). The van der Waals surface area contributed by atoms with E-state index in [9.17, 15) is 18.0 Å². The molecular formula is C16H19F3O5. The van der Waals surface area contributed by atoms with Crippen molar-refractivity contribution in [2.75, 3.05) is 27.1 Å². The molecule has 1 aromatic rings. The minimum Gasteiger partial charge on any atom is -0.466 e. The second-order valence-electron chi connectivity index (χ2n) is 6.23. The van der Waals surface area contributed by atoms with Crippen LogP contribution in [0.5, 0.6) is 5.75 Å². The van der Waals surface area contributed by atoms with Gasteiger partial charge >= 0.3 is 6.18 Å². The lowest BCUT2D eigenvalue weighted by molar-refractivity contribution is -0.227. The van der Waals surface area contributed by atoms with E-state index in [0.717, 1.165) is 12.1 Å². The van der Waals surface area contributed by atoms with Crippen molar-refractivity contribution in [2.45, 2.75) is 26.3 Å². The summed E-state index contributed by atoms with van der Waals surface area (Å²) in [5, 5.41) is 0. The summed E-state index contributed by atoms with van der Waals surface area (Å²) < 4.78 is 60.8. The molecule has 1 aromatic carbocycles. The first kappa shape index (κ1) is 18.7. The van der Waals surface area contributed by atoms with Crippen molar-refractivity contribution < 1.29 is 36.9 Å². The smallest absolute Gasteiger partial charge is 0.419 e. The van der Waals surface area contributed by atoms with Crippen LogP contribution in [0, 0.1) is 5.41 Å². The normalized spacial score (nSPS) is 18.4. The molecule has 0 saturated carbocycles. The van der Waals surface area contributed by atoms with Crippen LogP contribution in [0.2, 0.25) is 0 Å². The zero-order chi connectivity index (χ0) is 18.0. The van der Waals surface area contributed by atoms with Crippen LogP contribution in [-0.4, -0.2) is 33.4 Å². The van der Waals surface area contributed by atoms with Gasteiger partial charge in [0.1, 0.15) is 5.75 Å². The largest absolute Gasteiger partial charge is 0.466 e. The average Bonchev–Trinajstić information content (AvgIpc) is 2.51. The van der Waals surface area contributed by atoms with Crippen LogP contribution in [0.1, 0.15) is 41.6 Å². The highest BCUT2D eigenvalue weighted by Gasteiger charge is 2.39. The molecule has 1 heterocycles.